The first-order valence-corrected chi connectivity index (χ1v) is 7.57. The topological polar surface area (TPSA) is 35.5 Å². The van der Waals surface area contributed by atoms with Gasteiger partial charge in [0.15, 0.2) is 0 Å². The van der Waals surface area contributed by atoms with E-state index in [2.05, 4.69) is 27.7 Å². The van der Waals surface area contributed by atoms with Crippen LogP contribution in [0.25, 0.3) is 0 Å². The molecule has 19 heavy (non-hydrogen) atoms. The second-order valence-electron chi connectivity index (χ2n) is 7.46. The Hall–Kier alpha value is -0.410. The molecule has 3 nitrogen and oxygen atoms in total. The Kier molecular flexibility index (Phi) is 4.36. The van der Waals surface area contributed by atoms with E-state index in [9.17, 15) is 4.79 Å². The van der Waals surface area contributed by atoms with Gasteiger partial charge in [0.2, 0.25) is 0 Å². The second-order valence-corrected chi connectivity index (χ2v) is 7.46. The van der Waals surface area contributed by atoms with Crippen LogP contribution in [0.15, 0.2) is 0 Å². The van der Waals surface area contributed by atoms with Gasteiger partial charge in [-0.15, -0.1) is 0 Å². The Morgan fingerprint density at radius 2 is 2.11 bits per heavy atom. The van der Waals surface area contributed by atoms with Crippen LogP contribution in [0.2, 0.25) is 0 Å². The highest BCUT2D eigenvalue weighted by Gasteiger charge is 2.43. The summed E-state index contributed by atoms with van der Waals surface area (Å²) < 4.78 is 11.4. The Labute approximate surface area is 117 Å². The third-order valence-corrected chi connectivity index (χ3v) is 5.00. The SMILES string of the molecule is CC(CC(=O)C1CCOC2(CCOC2)C1)C(C)(C)C. The molecular weight excluding hydrogens is 240 g/mol. The summed E-state index contributed by atoms with van der Waals surface area (Å²) in [5.41, 5.74) is 0.0541. The van der Waals surface area contributed by atoms with Crippen molar-refractivity contribution in [2.75, 3.05) is 19.8 Å². The monoisotopic (exact) mass is 268 g/mol. The molecule has 0 radical (unpaired) electrons. The Bertz CT molecular complexity index is 323. The average Bonchev–Trinajstić information content (AvgIpc) is 2.76. The first-order valence-electron chi connectivity index (χ1n) is 7.57. The van der Waals surface area contributed by atoms with E-state index in [1.54, 1.807) is 0 Å². The lowest BCUT2D eigenvalue weighted by Gasteiger charge is -2.37. The first kappa shape index (κ1) is 15.0. The molecule has 2 rings (SSSR count). The van der Waals surface area contributed by atoms with E-state index >= 15 is 0 Å². The molecule has 110 valence electrons. The van der Waals surface area contributed by atoms with Crippen molar-refractivity contribution in [1.82, 2.24) is 0 Å². The number of hydrogen-bond donors (Lipinski definition) is 0. The number of carbonyl (C=O) groups is 1. The van der Waals surface area contributed by atoms with Crippen molar-refractivity contribution in [3.63, 3.8) is 0 Å². The van der Waals surface area contributed by atoms with Gasteiger partial charge in [-0.3, -0.25) is 4.79 Å². The minimum absolute atomic E-state index is 0.149. The lowest BCUT2D eigenvalue weighted by Crippen LogP contribution is -2.42. The summed E-state index contributed by atoms with van der Waals surface area (Å²) in [6.07, 6.45) is 3.40. The van der Waals surface area contributed by atoms with Gasteiger partial charge in [-0.05, 0) is 24.2 Å². The molecule has 0 bridgehead atoms. The Morgan fingerprint density at radius 1 is 1.37 bits per heavy atom. The molecule has 2 aliphatic rings. The molecule has 2 heterocycles. The van der Waals surface area contributed by atoms with Gasteiger partial charge >= 0.3 is 0 Å². The molecule has 2 fully saturated rings. The number of rotatable bonds is 3. The van der Waals surface area contributed by atoms with Crippen LogP contribution in [-0.2, 0) is 14.3 Å². The molecular formula is C16H28O3. The second kappa shape index (κ2) is 5.53. The zero-order valence-electron chi connectivity index (χ0n) is 12.8. The summed E-state index contributed by atoms with van der Waals surface area (Å²) in [5.74, 6) is 1.04. The molecule has 0 aromatic carbocycles. The van der Waals surface area contributed by atoms with Crippen LogP contribution in [0.5, 0.6) is 0 Å². The number of ketones is 1. The van der Waals surface area contributed by atoms with Gasteiger partial charge in [-0.25, -0.2) is 0 Å². The van der Waals surface area contributed by atoms with Gasteiger partial charge < -0.3 is 9.47 Å². The fourth-order valence-electron chi connectivity index (χ4n) is 2.94. The molecule has 0 aromatic rings. The first-order chi connectivity index (χ1) is 8.82. The molecule has 2 saturated heterocycles. The van der Waals surface area contributed by atoms with E-state index in [4.69, 9.17) is 9.47 Å². The van der Waals surface area contributed by atoms with Gasteiger partial charge in [0.25, 0.3) is 0 Å². The van der Waals surface area contributed by atoms with E-state index in [0.29, 0.717) is 31.3 Å². The smallest absolute Gasteiger partial charge is 0.136 e. The third kappa shape index (κ3) is 3.57. The summed E-state index contributed by atoms with van der Waals surface area (Å²) >= 11 is 0. The zero-order valence-corrected chi connectivity index (χ0v) is 12.8. The lowest BCUT2D eigenvalue weighted by molar-refractivity contribution is -0.138. The van der Waals surface area contributed by atoms with Crippen LogP contribution in [0, 0.1) is 17.3 Å². The minimum atomic E-state index is -0.149. The van der Waals surface area contributed by atoms with Gasteiger partial charge in [0.1, 0.15) is 5.78 Å². The van der Waals surface area contributed by atoms with Crippen LogP contribution in [0.1, 0.15) is 53.4 Å². The molecule has 1 spiro atoms. The van der Waals surface area contributed by atoms with E-state index in [-0.39, 0.29) is 16.9 Å². The molecule has 3 heteroatoms. The van der Waals surface area contributed by atoms with Crippen LogP contribution in [0.4, 0.5) is 0 Å². The highest BCUT2D eigenvalue weighted by Crippen LogP contribution is 2.38. The fourth-order valence-corrected chi connectivity index (χ4v) is 2.94. The normalized spacial score (nSPS) is 33.6. The van der Waals surface area contributed by atoms with Crippen molar-refractivity contribution in [1.29, 1.82) is 0 Å². The summed E-state index contributed by atoms with van der Waals surface area (Å²) in [6.45, 7) is 11.0. The minimum Gasteiger partial charge on any atom is -0.378 e. The van der Waals surface area contributed by atoms with Crippen LogP contribution in [-0.4, -0.2) is 31.2 Å². The van der Waals surface area contributed by atoms with E-state index < -0.39 is 0 Å². The largest absolute Gasteiger partial charge is 0.378 e. The van der Waals surface area contributed by atoms with Crippen molar-refractivity contribution in [2.24, 2.45) is 17.3 Å². The number of Topliss-reactive ketones (excluding diaryl/α,β-unsaturated/α-hetero) is 1. The average molecular weight is 268 g/mol. The summed E-state index contributed by atoms with van der Waals surface area (Å²) in [4.78, 5) is 12.5. The lowest BCUT2D eigenvalue weighted by atomic mass is 9.75. The summed E-state index contributed by atoms with van der Waals surface area (Å²) in [5, 5.41) is 0. The molecule has 0 N–H and O–H groups in total. The van der Waals surface area contributed by atoms with Crippen molar-refractivity contribution in [3.05, 3.63) is 0 Å². The molecule has 0 aliphatic carbocycles. The standard InChI is InChI=1S/C16H28O3/c1-12(15(2,3)4)9-14(17)13-5-7-19-16(10-13)6-8-18-11-16/h12-13H,5-11H2,1-4H3. The van der Waals surface area contributed by atoms with Crippen LogP contribution in [0.3, 0.4) is 0 Å². The van der Waals surface area contributed by atoms with Crippen molar-refractivity contribution >= 4 is 5.78 Å². The molecule has 2 aliphatic heterocycles. The Balaban J connectivity index is 1.92. The number of carbonyl (C=O) groups excluding carboxylic acids is 1. The van der Waals surface area contributed by atoms with Gasteiger partial charge in [-0.2, -0.15) is 0 Å². The maximum atomic E-state index is 12.5. The van der Waals surface area contributed by atoms with Gasteiger partial charge in [0, 0.05) is 32.0 Å². The van der Waals surface area contributed by atoms with E-state index in [1.807, 2.05) is 0 Å². The third-order valence-electron chi connectivity index (χ3n) is 5.00. The van der Waals surface area contributed by atoms with Crippen molar-refractivity contribution in [2.45, 2.75) is 59.0 Å². The van der Waals surface area contributed by atoms with E-state index in [0.717, 1.165) is 25.9 Å². The predicted molar refractivity (Wildman–Crippen MR) is 75.1 cm³/mol. The van der Waals surface area contributed by atoms with E-state index in [1.165, 1.54) is 0 Å². The zero-order chi connectivity index (χ0) is 14.1. The maximum Gasteiger partial charge on any atom is 0.136 e. The predicted octanol–water partition coefficient (Wildman–Crippen LogP) is 3.21. The summed E-state index contributed by atoms with van der Waals surface area (Å²) in [6, 6.07) is 0. The van der Waals surface area contributed by atoms with Crippen molar-refractivity contribution < 1.29 is 14.3 Å². The van der Waals surface area contributed by atoms with Gasteiger partial charge in [-0.1, -0.05) is 27.7 Å². The van der Waals surface area contributed by atoms with Crippen molar-refractivity contribution in [3.8, 4) is 0 Å². The quantitative estimate of drug-likeness (QED) is 0.788. The molecule has 0 saturated carbocycles. The van der Waals surface area contributed by atoms with Crippen LogP contribution >= 0.6 is 0 Å². The molecule has 3 unspecified atom stereocenters. The molecule has 0 aromatic heterocycles. The highest BCUT2D eigenvalue weighted by molar-refractivity contribution is 5.81. The van der Waals surface area contributed by atoms with Gasteiger partial charge in [0.05, 0.1) is 12.2 Å². The molecule has 0 amide bonds. The maximum absolute atomic E-state index is 12.5. The van der Waals surface area contributed by atoms with Crippen LogP contribution < -0.4 is 0 Å². The number of hydrogen-bond acceptors (Lipinski definition) is 3. The summed E-state index contributed by atoms with van der Waals surface area (Å²) in [7, 11) is 0. The number of ether oxygens (including phenoxy) is 2. The highest BCUT2D eigenvalue weighted by atomic mass is 16.6. The molecule has 3 atom stereocenters. The fraction of sp³-hybridized carbons (Fsp3) is 0.938. The Morgan fingerprint density at radius 3 is 2.68 bits per heavy atom.